The molecule has 1 atom stereocenters. The molecule has 1 aliphatic heterocycles. The minimum Gasteiger partial charge on any atom is -0.494 e. The van der Waals surface area contributed by atoms with Crippen molar-refractivity contribution in [3.8, 4) is 5.75 Å². The number of hydrogen-bond acceptors (Lipinski definition) is 3. The molecule has 4 nitrogen and oxygen atoms in total. The van der Waals surface area contributed by atoms with E-state index < -0.39 is 6.10 Å². The molecule has 26 heavy (non-hydrogen) atoms. The monoisotopic (exact) mass is 355 g/mol. The fourth-order valence-corrected chi connectivity index (χ4v) is 2.79. The summed E-state index contributed by atoms with van der Waals surface area (Å²) < 4.78 is 11.5. The summed E-state index contributed by atoms with van der Waals surface area (Å²) in [5.74, 6) is 1.32. The largest absolute Gasteiger partial charge is 0.494 e. The molecule has 1 unspecified atom stereocenters. The molecule has 0 radical (unpaired) electrons. The van der Waals surface area contributed by atoms with E-state index in [0.717, 1.165) is 42.8 Å². The maximum absolute atomic E-state index is 12.9. The highest BCUT2D eigenvalue weighted by molar-refractivity contribution is 6.00. The molecule has 2 rings (SSSR count). The van der Waals surface area contributed by atoms with Crippen LogP contribution >= 0.6 is 0 Å². The number of ether oxygens (including phenoxy) is 2. The van der Waals surface area contributed by atoms with Crippen molar-refractivity contribution in [1.29, 1.82) is 0 Å². The molecule has 0 fully saturated rings. The lowest BCUT2D eigenvalue weighted by molar-refractivity contribution is -0.127. The minimum absolute atomic E-state index is 0.00601. The number of hydrogen-bond donors (Lipinski definition) is 0. The molecule has 0 saturated heterocycles. The molecule has 4 heteroatoms. The van der Waals surface area contributed by atoms with Crippen molar-refractivity contribution in [2.24, 2.45) is 0 Å². The fraction of sp³-hybridized carbons (Fsp3) is 0.409. The predicted octanol–water partition coefficient (Wildman–Crippen LogP) is 5.02. The summed E-state index contributed by atoms with van der Waals surface area (Å²) in [6, 6.07) is 7.72. The highest BCUT2D eigenvalue weighted by atomic mass is 16.5. The van der Waals surface area contributed by atoms with Gasteiger partial charge >= 0.3 is 0 Å². The maximum Gasteiger partial charge on any atom is 0.268 e. The van der Waals surface area contributed by atoms with Gasteiger partial charge in [-0.1, -0.05) is 56.7 Å². The van der Waals surface area contributed by atoms with E-state index >= 15 is 0 Å². The average molecular weight is 355 g/mol. The lowest BCUT2D eigenvalue weighted by Crippen LogP contribution is -2.46. The third-order valence-corrected chi connectivity index (χ3v) is 4.17. The van der Waals surface area contributed by atoms with E-state index in [4.69, 9.17) is 9.47 Å². The molecule has 140 valence electrons. The van der Waals surface area contributed by atoms with Crippen LogP contribution in [0, 0.1) is 0 Å². The highest BCUT2D eigenvalue weighted by Crippen LogP contribution is 2.34. The van der Waals surface area contributed by atoms with Gasteiger partial charge in [-0.05, 0) is 31.6 Å². The molecular formula is C22H29NO3. The third kappa shape index (κ3) is 5.51. The first-order chi connectivity index (χ1) is 12.5. The number of nitrogens with zero attached hydrogens (tertiary/aromatic N) is 1. The van der Waals surface area contributed by atoms with Crippen LogP contribution < -0.4 is 9.64 Å². The van der Waals surface area contributed by atoms with Gasteiger partial charge in [0.05, 0.1) is 12.3 Å². The molecule has 0 aliphatic carbocycles. The van der Waals surface area contributed by atoms with E-state index in [1.54, 1.807) is 6.08 Å². The van der Waals surface area contributed by atoms with Crippen LogP contribution in [0.5, 0.6) is 5.75 Å². The molecule has 0 N–H and O–H groups in total. The number of anilines is 1. The first-order valence-electron chi connectivity index (χ1n) is 9.25. The van der Waals surface area contributed by atoms with Crippen molar-refractivity contribution in [1.82, 2.24) is 0 Å². The number of unbranched alkanes of at least 4 members (excludes halogenated alkanes) is 2. The van der Waals surface area contributed by atoms with Crippen molar-refractivity contribution in [3.63, 3.8) is 0 Å². The number of fused-ring (bicyclic) bond motifs is 1. The molecular weight excluding hydrogens is 326 g/mol. The smallest absolute Gasteiger partial charge is 0.268 e. The zero-order chi connectivity index (χ0) is 18.9. The summed E-state index contributed by atoms with van der Waals surface area (Å²) >= 11 is 0. The normalized spacial score (nSPS) is 16.3. The van der Waals surface area contributed by atoms with Crippen LogP contribution in [-0.2, 0) is 9.53 Å². The lowest BCUT2D eigenvalue weighted by atomic mass is 10.1. The molecule has 1 aromatic carbocycles. The van der Waals surface area contributed by atoms with Crippen LogP contribution in [0.15, 0.2) is 60.9 Å². The van der Waals surface area contributed by atoms with E-state index in [2.05, 4.69) is 20.1 Å². The summed E-state index contributed by atoms with van der Waals surface area (Å²) in [5, 5.41) is 0. The Balaban J connectivity index is 1.98. The average Bonchev–Trinajstić information content (AvgIpc) is 2.62. The Morgan fingerprint density at radius 1 is 1.27 bits per heavy atom. The number of rotatable bonds is 10. The minimum atomic E-state index is -0.524. The summed E-state index contributed by atoms with van der Waals surface area (Å²) in [4.78, 5) is 14.7. The standard InChI is InChI=1S/C22H29NO3/c1-5-6-9-15-23-19-10-7-8-11-20(19)26-21(22(23)24)14-16-25-18(4)13-12-17(2)3/h7-8,10-13,21H,2,4-6,9,14-16H2,1,3H3/b13-12-. The first-order valence-corrected chi connectivity index (χ1v) is 9.25. The molecule has 1 amide bonds. The van der Waals surface area contributed by atoms with Gasteiger partial charge in [0.25, 0.3) is 5.91 Å². The van der Waals surface area contributed by atoms with Crippen molar-refractivity contribution in [3.05, 3.63) is 60.9 Å². The number of benzene rings is 1. The van der Waals surface area contributed by atoms with E-state index in [0.29, 0.717) is 18.8 Å². The Bertz CT molecular complexity index is 678. The predicted molar refractivity (Wildman–Crippen MR) is 106 cm³/mol. The molecule has 0 saturated carbocycles. The second-order valence-electron chi connectivity index (χ2n) is 6.55. The number of allylic oxidation sites excluding steroid dienone is 3. The topological polar surface area (TPSA) is 38.8 Å². The molecule has 0 spiro atoms. The molecule has 0 bridgehead atoms. The summed E-state index contributed by atoms with van der Waals surface area (Å²) in [6.07, 6.45) is 6.80. The fourth-order valence-electron chi connectivity index (χ4n) is 2.79. The molecule has 1 aliphatic rings. The van der Waals surface area contributed by atoms with Gasteiger partial charge < -0.3 is 14.4 Å². The van der Waals surface area contributed by atoms with Crippen LogP contribution in [0.2, 0.25) is 0 Å². The van der Waals surface area contributed by atoms with Gasteiger partial charge in [-0.15, -0.1) is 0 Å². The van der Waals surface area contributed by atoms with E-state index in [9.17, 15) is 4.79 Å². The molecule has 1 heterocycles. The Labute approximate surface area is 156 Å². The van der Waals surface area contributed by atoms with Gasteiger partial charge in [0.2, 0.25) is 0 Å². The van der Waals surface area contributed by atoms with Crippen LogP contribution in [0.4, 0.5) is 5.69 Å². The number of carbonyl (C=O) groups excluding carboxylic acids is 1. The first kappa shape index (κ1) is 19.8. The van der Waals surface area contributed by atoms with Gasteiger partial charge in [-0.3, -0.25) is 4.79 Å². The van der Waals surface area contributed by atoms with Crippen LogP contribution in [0.25, 0.3) is 0 Å². The Morgan fingerprint density at radius 2 is 2.04 bits per heavy atom. The van der Waals surface area contributed by atoms with Crippen molar-refractivity contribution >= 4 is 11.6 Å². The van der Waals surface area contributed by atoms with Gasteiger partial charge in [-0.2, -0.15) is 0 Å². The summed E-state index contributed by atoms with van der Waals surface area (Å²) in [5.41, 5.74) is 1.79. The Hall–Kier alpha value is -2.49. The zero-order valence-electron chi connectivity index (χ0n) is 15.9. The SMILES string of the molecule is C=C(C)/C=C\C(=C)OCCC1Oc2ccccc2N(CCCCC)C1=O. The van der Waals surface area contributed by atoms with Gasteiger partial charge in [0.15, 0.2) is 6.10 Å². The maximum atomic E-state index is 12.9. The number of carbonyl (C=O) groups is 1. The quantitative estimate of drug-likeness (QED) is 0.336. The highest BCUT2D eigenvalue weighted by Gasteiger charge is 2.33. The third-order valence-electron chi connectivity index (χ3n) is 4.17. The van der Waals surface area contributed by atoms with Crippen LogP contribution in [0.3, 0.4) is 0 Å². The van der Waals surface area contributed by atoms with Crippen molar-refractivity contribution in [2.75, 3.05) is 18.1 Å². The summed E-state index contributed by atoms with van der Waals surface area (Å²) in [6.45, 7) is 12.8. The van der Waals surface area contributed by atoms with Crippen LogP contribution in [0.1, 0.15) is 39.5 Å². The van der Waals surface area contributed by atoms with E-state index in [-0.39, 0.29) is 5.91 Å². The Morgan fingerprint density at radius 3 is 2.77 bits per heavy atom. The van der Waals surface area contributed by atoms with Crippen molar-refractivity contribution < 1.29 is 14.3 Å². The van der Waals surface area contributed by atoms with Gasteiger partial charge in [-0.25, -0.2) is 0 Å². The van der Waals surface area contributed by atoms with Gasteiger partial charge in [0.1, 0.15) is 11.5 Å². The number of amides is 1. The second kappa shape index (κ2) is 9.85. The van der Waals surface area contributed by atoms with Crippen molar-refractivity contribution in [2.45, 2.75) is 45.6 Å². The van der Waals surface area contributed by atoms with Gasteiger partial charge in [0, 0.05) is 13.0 Å². The Kier molecular flexibility index (Phi) is 7.52. The zero-order valence-corrected chi connectivity index (χ0v) is 15.9. The van der Waals surface area contributed by atoms with E-state index in [1.165, 1.54) is 0 Å². The van der Waals surface area contributed by atoms with E-state index in [1.807, 2.05) is 42.2 Å². The number of para-hydroxylation sites is 2. The molecule has 1 aromatic rings. The molecule has 0 aromatic heterocycles. The van der Waals surface area contributed by atoms with Crippen LogP contribution in [-0.4, -0.2) is 25.2 Å². The summed E-state index contributed by atoms with van der Waals surface area (Å²) in [7, 11) is 0. The second-order valence-corrected chi connectivity index (χ2v) is 6.55. The lowest BCUT2D eigenvalue weighted by Gasteiger charge is -2.34.